The van der Waals surface area contributed by atoms with E-state index in [9.17, 15) is 8.42 Å². The molecule has 0 saturated heterocycles. The normalized spacial score (nSPS) is 15.1. The predicted molar refractivity (Wildman–Crippen MR) is 94.2 cm³/mol. The van der Waals surface area contributed by atoms with Crippen LogP contribution in [0.5, 0.6) is 11.5 Å². The van der Waals surface area contributed by atoms with Crippen molar-refractivity contribution in [2.75, 3.05) is 26.3 Å². The van der Waals surface area contributed by atoms with E-state index in [4.69, 9.17) is 9.47 Å². The molecule has 0 unspecified atom stereocenters. The minimum absolute atomic E-state index is 0.201. The molecule has 0 aliphatic carbocycles. The highest BCUT2D eigenvalue weighted by Crippen LogP contribution is 2.31. The molecule has 1 heterocycles. The van der Waals surface area contributed by atoms with Crippen molar-refractivity contribution in [1.82, 2.24) is 9.62 Å². The maximum Gasteiger partial charge on any atom is 0.240 e. The van der Waals surface area contributed by atoms with E-state index in [-0.39, 0.29) is 4.90 Å². The second-order valence-corrected chi connectivity index (χ2v) is 8.25. The van der Waals surface area contributed by atoms with Crippen LogP contribution >= 0.6 is 0 Å². The zero-order chi connectivity index (χ0) is 17.7. The van der Waals surface area contributed by atoms with Crippen molar-refractivity contribution in [3.8, 4) is 11.5 Å². The molecule has 1 aromatic carbocycles. The Morgan fingerprint density at radius 1 is 1.08 bits per heavy atom. The Labute approximate surface area is 145 Å². The lowest BCUT2D eigenvalue weighted by atomic mass is 10.2. The summed E-state index contributed by atoms with van der Waals surface area (Å²) in [5.74, 6) is 1.08. The number of hydrogen-bond donors (Lipinski definition) is 1. The molecule has 1 aliphatic rings. The summed E-state index contributed by atoms with van der Waals surface area (Å²) in [6, 6.07) is 5.48. The summed E-state index contributed by atoms with van der Waals surface area (Å²) in [7, 11) is -3.56. The Kier molecular flexibility index (Phi) is 6.48. The van der Waals surface area contributed by atoms with E-state index in [1.807, 2.05) is 0 Å². The molecule has 136 valence electrons. The van der Waals surface area contributed by atoms with Gasteiger partial charge < -0.3 is 9.47 Å². The van der Waals surface area contributed by atoms with Gasteiger partial charge in [-0.25, -0.2) is 13.1 Å². The van der Waals surface area contributed by atoms with E-state index in [1.54, 1.807) is 12.1 Å². The van der Waals surface area contributed by atoms with Gasteiger partial charge in [-0.3, -0.25) is 4.90 Å². The fourth-order valence-electron chi connectivity index (χ4n) is 2.82. The largest absolute Gasteiger partial charge is 0.490 e. The molecule has 0 radical (unpaired) electrons. The average Bonchev–Trinajstić information content (AvgIpc) is 2.75. The lowest BCUT2D eigenvalue weighted by Gasteiger charge is -2.30. The monoisotopic (exact) mass is 356 g/mol. The number of hydrogen-bond acceptors (Lipinski definition) is 5. The third-order valence-corrected chi connectivity index (χ3v) is 5.48. The summed E-state index contributed by atoms with van der Waals surface area (Å²) in [6.07, 6.45) is 0.787. The van der Waals surface area contributed by atoms with Crippen LogP contribution in [0.4, 0.5) is 0 Å². The quantitative estimate of drug-likeness (QED) is 0.811. The minimum Gasteiger partial charge on any atom is -0.490 e. The fourth-order valence-corrected chi connectivity index (χ4v) is 3.85. The number of sulfonamides is 1. The Hall–Kier alpha value is -1.31. The summed E-state index contributed by atoms with van der Waals surface area (Å²) in [4.78, 5) is 2.45. The van der Waals surface area contributed by atoms with Crippen LogP contribution in [0, 0.1) is 0 Å². The molecule has 0 fully saturated rings. The molecule has 1 N–H and O–H groups in total. The van der Waals surface area contributed by atoms with Gasteiger partial charge in [0.15, 0.2) is 11.5 Å². The molecule has 0 spiro atoms. The molecular formula is C17H28N2O4S. The van der Waals surface area contributed by atoms with Crippen molar-refractivity contribution < 1.29 is 17.9 Å². The van der Waals surface area contributed by atoms with Gasteiger partial charge in [-0.05, 0) is 39.8 Å². The van der Waals surface area contributed by atoms with Gasteiger partial charge >= 0.3 is 0 Å². The summed E-state index contributed by atoms with van der Waals surface area (Å²) in [6.45, 7) is 10.6. The van der Waals surface area contributed by atoms with Gasteiger partial charge in [-0.2, -0.15) is 0 Å². The van der Waals surface area contributed by atoms with Crippen molar-refractivity contribution in [2.45, 2.75) is 51.1 Å². The SMILES string of the molecule is CC(C)N(CCNS(=O)(=O)c1ccc2c(c1)OCCCO2)C(C)C. The molecule has 7 heteroatoms. The molecule has 1 aromatic rings. The van der Waals surface area contributed by atoms with E-state index in [0.29, 0.717) is 49.9 Å². The van der Waals surface area contributed by atoms with Crippen molar-refractivity contribution in [1.29, 1.82) is 0 Å². The lowest BCUT2D eigenvalue weighted by Crippen LogP contribution is -2.42. The number of ether oxygens (including phenoxy) is 2. The first-order chi connectivity index (χ1) is 11.3. The van der Waals surface area contributed by atoms with Crippen molar-refractivity contribution in [3.63, 3.8) is 0 Å². The van der Waals surface area contributed by atoms with Crippen molar-refractivity contribution in [3.05, 3.63) is 18.2 Å². The van der Waals surface area contributed by atoms with Crippen LogP contribution in [-0.2, 0) is 10.0 Å². The average molecular weight is 356 g/mol. The first kappa shape index (κ1) is 19.0. The van der Waals surface area contributed by atoms with Gasteiger partial charge in [-0.15, -0.1) is 0 Å². The highest BCUT2D eigenvalue weighted by molar-refractivity contribution is 7.89. The number of benzene rings is 1. The highest BCUT2D eigenvalue weighted by Gasteiger charge is 2.20. The van der Waals surface area contributed by atoms with Crippen molar-refractivity contribution in [2.24, 2.45) is 0 Å². The topological polar surface area (TPSA) is 67.9 Å². The van der Waals surface area contributed by atoms with Gasteiger partial charge in [0.05, 0.1) is 18.1 Å². The fraction of sp³-hybridized carbons (Fsp3) is 0.647. The molecule has 0 aromatic heterocycles. The van der Waals surface area contributed by atoms with Crippen LogP contribution in [0.25, 0.3) is 0 Å². The first-order valence-electron chi connectivity index (χ1n) is 8.46. The van der Waals surface area contributed by atoms with E-state index < -0.39 is 10.0 Å². The summed E-state index contributed by atoms with van der Waals surface area (Å²) in [5, 5.41) is 0. The summed E-state index contributed by atoms with van der Waals surface area (Å²) >= 11 is 0. The zero-order valence-electron chi connectivity index (χ0n) is 14.9. The molecule has 6 nitrogen and oxygen atoms in total. The highest BCUT2D eigenvalue weighted by atomic mass is 32.2. The molecule has 2 rings (SSSR count). The maximum absolute atomic E-state index is 12.5. The molecule has 24 heavy (non-hydrogen) atoms. The minimum atomic E-state index is -3.56. The Morgan fingerprint density at radius 3 is 2.33 bits per heavy atom. The van der Waals surface area contributed by atoms with Gasteiger partial charge in [0.2, 0.25) is 10.0 Å². The maximum atomic E-state index is 12.5. The van der Waals surface area contributed by atoms with Crippen molar-refractivity contribution >= 4 is 10.0 Å². The van der Waals surface area contributed by atoms with Crippen LogP contribution in [0.3, 0.4) is 0 Å². The molecule has 0 saturated carbocycles. The molecule has 0 amide bonds. The molecule has 0 bridgehead atoms. The van der Waals surface area contributed by atoms with Crippen LogP contribution in [-0.4, -0.2) is 51.7 Å². The smallest absolute Gasteiger partial charge is 0.240 e. The van der Waals surface area contributed by atoms with Gasteiger partial charge in [0.1, 0.15) is 0 Å². The number of fused-ring (bicyclic) bond motifs is 1. The van der Waals surface area contributed by atoms with E-state index >= 15 is 0 Å². The standard InChI is InChI=1S/C17H28N2O4S/c1-13(2)19(14(3)4)9-8-18-24(20,21)15-6-7-16-17(12-15)23-11-5-10-22-16/h6-7,12-14,18H,5,8-11H2,1-4H3. The second kappa shape index (κ2) is 8.18. The number of nitrogens with one attached hydrogen (secondary N) is 1. The Bertz CT molecular complexity index is 636. The summed E-state index contributed by atoms with van der Waals surface area (Å²) in [5.41, 5.74) is 0. The third-order valence-electron chi connectivity index (χ3n) is 4.02. The molecular weight excluding hydrogens is 328 g/mol. The van der Waals surface area contributed by atoms with E-state index in [0.717, 1.165) is 6.42 Å². The van der Waals surface area contributed by atoms with Gasteiger partial charge in [0.25, 0.3) is 0 Å². The van der Waals surface area contributed by atoms with E-state index in [1.165, 1.54) is 6.07 Å². The van der Waals surface area contributed by atoms with Crippen LogP contribution in [0.2, 0.25) is 0 Å². The van der Waals surface area contributed by atoms with Crippen LogP contribution in [0.1, 0.15) is 34.1 Å². The summed E-state index contributed by atoms with van der Waals surface area (Å²) < 4.78 is 38.8. The molecule has 1 aliphatic heterocycles. The Morgan fingerprint density at radius 2 is 1.71 bits per heavy atom. The van der Waals surface area contributed by atoms with Gasteiger partial charge in [0, 0.05) is 37.7 Å². The predicted octanol–water partition coefficient (Wildman–Crippen LogP) is 2.25. The second-order valence-electron chi connectivity index (χ2n) is 6.48. The van der Waals surface area contributed by atoms with Crippen LogP contribution < -0.4 is 14.2 Å². The van der Waals surface area contributed by atoms with Crippen LogP contribution in [0.15, 0.2) is 23.1 Å². The first-order valence-corrected chi connectivity index (χ1v) is 9.94. The number of nitrogens with zero attached hydrogens (tertiary/aromatic N) is 1. The Balaban J connectivity index is 2.04. The third kappa shape index (κ3) is 4.84. The number of rotatable bonds is 7. The van der Waals surface area contributed by atoms with E-state index in [2.05, 4.69) is 37.3 Å². The van der Waals surface area contributed by atoms with Gasteiger partial charge in [-0.1, -0.05) is 0 Å². The lowest BCUT2D eigenvalue weighted by molar-refractivity contribution is 0.179. The molecule has 0 atom stereocenters. The zero-order valence-corrected chi connectivity index (χ0v) is 15.7.